The predicted octanol–water partition coefficient (Wildman–Crippen LogP) is 4.98. The quantitative estimate of drug-likeness (QED) is 0.346. The van der Waals surface area contributed by atoms with Gasteiger partial charge in [0, 0.05) is 35.1 Å². The molecule has 0 aliphatic heterocycles. The average Bonchev–Trinajstić information content (AvgIpc) is 3.25. The van der Waals surface area contributed by atoms with Crippen LogP contribution in [0.3, 0.4) is 0 Å². The second-order valence-electron chi connectivity index (χ2n) is 7.67. The Morgan fingerprint density at radius 2 is 1.64 bits per heavy atom. The molecule has 3 aromatic carbocycles. The topological polar surface area (TPSA) is 83.2 Å². The Morgan fingerprint density at radius 1 is 0.909 bits per heavy atom. The summed E-state index contributed by atoms with van der Waals surface area (Å²) < 4.78 is 5.34. The molecular weight excluding hydrogens is 438 g/mol. The first-order valence-corrected chi connectivity index (χ1v) is 11.0. The van der Waals surface area contributed by atoms with Crippen LogP contribution >= 0.6 is 11.6 Å². The van der Waals surface area contributed by atoms with E-state index < -0.39 is 12.1 Å². The highest BCUT2D eigenvalue weighted by Gasteiger charge is 2.23. The van der Waals surface area contributed by atoms with E-state index in [1.807, 2.05) is 72.9 Å². The summed E-state index contributed by atoms with van der Waals surface area (Å²) >= 11 is 5.93. The van der Waals surface area contributed by atoms with Gasteiger partial charge in [-0.2, -0.15) is 0 Å². The molecule has 0 saturated heterocycles. The molecule has 168 valence electrons. The van der Waals surface area contributed by atoms with E-state index >= 15 is 0 Å². The minimum absolute atomic E-state index is 0.124. The van der Waals surface area contributed by atoms with Gasteiger partial charge in [0.15, 0.2) is 0 Å². The second-order valence-corrected chi connectivity index (χ2v) is 8.10. The molecule has 0 aliphatic carbocycles. The van der Waals surface area contributed by atoms with Crippen molar-refractivity contribution in [1.29, 1.82) is 0 Å². The van der Waals surface area contributed by atoms with Gasteiger partial charge < -0.3 is 20.4 Å². The molecule has 33 heavy (non-hydrogen) atoms. The molecule has 4 rings (SSSR count). The van der Waals surface area contributed by atoms with Crippen LogP contribution in [0.1, 0.15) is 16.7 Å². The number of amides is 2. The molecule has 3 N–H and O–H groups in total. The van der Waals surface area contributed by atoms with Crippen LogP contribution in [0.2, 0.25) is 5.02 Å². The molecule has 0 bridgehead atoms. The van der Waals surface area contributed by atoms with Crippen molar-refractivity contribution in [3.8, 4) is 0 Å². The number of nitrogens with one attached hydrogen (secondary N) is 3. The number of aromatic amines is 1. The maximum absolute atomic E-state index is 13.0. The van der Waals surface area contributed by atoms with Crippen LogP contribution in [-0.4, -0.2) is 23.0 Å². The van der Waals surface area contributed by atoms with Crippen LogP contribution in [0, 0.1) is 0 Å². The number of carbonyl (C=O) groups excluding carboxylic acids is 2. The number of alkyl carbamates (subject to hydrolysis) is 1. The summed E-state index contributed by atoms with van der Waals surface area (Å²) in [7, 11) is 0. The van der Waals surface area contributed by atoms with Crippen molar-refractivity contribution in [2.45, 2.75) is 25.6 Å². The van der Waals surface area contributed by atoms with E-state index in [1.165, 1.54) is 0 Å². The lowest BCUT2D eigenvalue weighted by Gasteiger charge is -2.18. The number of ether oxygens (including phenoxy) is 1. The Balaban J connectivity index is 1.44. The Hall–Kier alpha value is -3.77. The van der Waals surface area contributed by atoms with Gasteiger partial charge in [0.1, 0.15) is 12.6 Å². The van der Waals surface area contributed by atoms with Crippen LogP contribution in [0.25, 0.3) is 10.9 Å². The van der Waals surface area contributed by atoms with Gasteiger partial charge in [0.25, 0.3) is 0 Å². The van der Waals surface area contributed by atoms with Gasteiger partial charge in [-0.3, -0.25) is 4.79 Å². The molecule has 0 spiro atoms. The molecule has 2 amide bonds. The van der Waals surface area contributed by atoms with E-state index in [2.05, 4.69) is 15.6 Å². The lowest BCUT2D eigenvalue weighted by atomic mass is 10.0. The molecule has 1 unspecified atom stereocenters. The van der Waals surface area contributed by atoms with Gasteiger partial charge in [0.05, 0.1) is 0 Å². The molecule has 1 heterocycles. The molecule has 0 aliphatic rings. The fraction of sp³-hybridized carbons (Fsp3) is 0.154. The van der Waals surface area contributed by atoms with Crippen molar-refractivity contribution in [3.63, 3.8) is 0 Å². The summed E-state index contributed by atoms with van der Waals surface area (Å²) in [6.07, 6.45) is 1.53. The van der Waals surface area contributed by atoms with Gasteiger partial charge in [-0.25, -0.2) is 4.79 Å². The van der Waals surface area contributed by atoms with Crippen molar-refractivity contribution >= 4 is 34.5 Å². The number of fused-ring (bicyclic) bond motifs is 1. The molecular formula is C26H24ClN3O3. The molecule has 0 saturated carbocycles. The van der Waals surface area contributed by atoms with E-state index in [-0.39, 0.29) is 12.5 Å². The molecule has 1 aromatic heterocycles. The number of hydrogen-bond acceptors (Lipinski definition) is 3. The molecule has 0 radical (unpaired) electrons. The smallest absolute Gasteiger partial charge is 0.408 e. The third-order valence-corrected chi connectivity index (χ3v) is 5.55. The SMILES string of the molecule is O=C(NC(Cc1c[nH]c2ccccc12)C(=O)NCc1ccc(Cl)cc1)OCc1ccccc1. The van der Waals surface area contributed by atoms with Gasteiger partial charge in [0.2, 0.25) is 5.91 Å². The number of benzene rings is 3. The van der Waals surface area contributed by atoms with Crippen molar-refractivity contribution in [1.82, 2.24) is 15.6 Å². The van der Waals surface area contributed by atoms with Gasteiger partial charge in [-0.15, -0.1) is 0 Å². The van der Waals surface area contributed by atoms with Crippen LogP contribution < -0.4 is 10.6 Å². The first kappa shape index (κ1) is 22.4. The molecule has 1 atom stereocenters. The second kappa shape index (κ2) is 10.7. The van der Waals surface area contributed by atoms with E-state index in [4.69, 9.17) is 16.3 Å². The third kappa shape index (κ3) is 6.14. The van der Waals surface area contributed by atoms with Gasteiger partial charge in [-0.05, 0) is 34.9 Å². The number of carbonyl (C=O) groups is 2. The van der Waals surface area contributed by atoms with Crippen LogP contribution in [0.4, 0.5) is 4.79 Å². The minimum Gasteiger partial charge on any atom is -0.445 e. The monoisotopic (exact) mass is 461 g/mol. The largest absolute Gasteiger partial charge is 0.445 e. The number of hydrogen-bond donors (Lipinski definition) is 3. The lowest BCUT2D eigenvalue weighted by Crippen LogP contribution is -2.48. The fourth-order valence-corrected chi connectivity index (χ4v) is 3.68. The zero-order chi connectivity index (χ0) is 23.0. The predicted molar refractivity (Wildman–Crippen MR) is 129 cm³/mol. The number of aromatic nitrogens is 1. The van der Waals surface area contributed by atoms with Crippen molar-refractivity contribution in [3.05, 3.63) is 107 Å². The molecule has 0 fully saturated rings. The number of rotatable bonds is 8. The highest BCUT2D eigenvalue weighted by atomic mass is 35.5. The Kier molecular flexibility index (Phi) is 7.27. The number of para-hydroxylation sites is 1. The standard InChI is InChI=1S/C26H24ClN3O3/c27-21-12-10-18(11-13-21)15-29-25(31)24(14-20-16-28-23-9-5-4-8-22(20)23)30-26(32)33-17-19-6-2-1-3-7-19/h1-13,16,24,28H,14-15,17H2,(H,29,31)(H,30,32). The van der Waals surface area contributed by atoms with Crippen molar-refractivity contribution in [2.75, 3.05) is 0 Å². The summed E-state index contributed by atoms with van der Waals surface area (Å²) in [6, 6.07) is 23.6. The Labute approximate surface area is 196 Å². The lowest BCUT2D eigenvalue weighted by molar-refractivity contribution is -0.123. The van der Waals surface area contributed by atoms with E-state index in [9.17, 15) is 9.59 Å². The zero-order valence-electron chi connectivity index (χ0n) is 17.9. The van der Waals surface area contributed by atoms with Crippen molar-refractivity contribution in [2.24, 2.45) is 0 Å². The van der Waals surface area contributed by atoms with Gasteiger partial charge in [-0.1, -0.05) is 72.3 Å². The summed E-state index contributed by atoms with van der Waals surface area (Å²) in [4.78, 5) is 28.7. The molecule has 7 heteroatoms. The number of H-pyrrole nitrogens is 1. The summed E-state index contributed by atoms with van der Waals surface area (Å²) in [6.45, 7) is 0.444. The minimum atomic E-state index is -0.806. The maximum Gasteiger partial charge on any atom is 0.408 e. The summed E-state index contributed by atoms with van der Waals surface area (Å²) in [5, 5.41) is 7.26. The highest BCUT2D eigenvalue weighted by Crippen LogP contribution is 2.19. The highest BCUT2D eigenvalue weighted by molar-refractivity contribution is 6.30. The van der Waals surface area contributed by atoms with E-state index in [0.29, 0.717) is 18.0 Å². The van der Waals surface area contributed by atoms with Crippen LogP contribution in [-0.2, 0) is 29.1 Å². The van der Waals surface area contributed by atoms with Gasteiger partial charge >= 0.3 is 6.09 Å². The van der Waals surface area contributed by atoms with Crippen LogP contribution in [0.5, 0.6) is 0 Å². The Bertz CT molecular complexity index is 1220. The van der Waals surface area contributed by atoms with E-state index in [0.717, 1.165) is 27.6 Å². The zero-order valence-corrected chi connectivity index (χ0v) is 18.6. The van der Waals surface area contributed by atoms with E-state index in [1.54, 1.807) is 12.1 Å². The summed E-state index contributed by atoms with van der Waals surface area (Å²) in [5.41, 5.74) is 3.68. The fourth-order valence-electron chi connectivity index (χ4n) is 3.55. The molecule has 6 nitrogen and oxygen atoms in total. The third-order valence-electron chi connectivity index (χ3n) is 5.30. The first-order chi connectivity index (χ1) is 16.1. The normalized spacial score (nSPS) is 11.7. The number of halogens is 1. The maximum atomic E-state index is 13.0. The summed E-state index contributed by atoms with van der Waals surface area (Å²) in [5.74, 6) is -0.299. The molecule has 4 aromatic rings. The average molecular weight is 462 g/mol. The van der Waals surface area contributed by atoms with Crippen molar-refractivity contribution < 1.29 is 14.3 Å². The first-order valence-electron chi connectivity index (χ1n) is 10.6. The Morgan fingerprint density at radius 3 is 2.42 bits per heavy atom. The van der Waals surface area contributed by atoms with Crippen LogP contribution in [0.15, 0.2) is 85.1 Å².